The van der Waals surface area contributed by atoms with Crippen LogP contribution >= 0.6 is 0 Å². The van der Waals surface area contributed by atoms with Gasteiger partial charge in [-0.25, -0.2) is 0 Å². The molecule has 112 valence electrons. The Bertz CT molecular complexity index is 311. The van der Waals surface area contributed by atoms with Gasteiger partial charge in [0.1, 0.15) is 0 Å². The number of likely N-dealkylation sites (N-methyl/N-ethyl adjacent to an activating group) is 1. The predicted octanol–water partition coefficient (Wildman–Crippen LogP) is 0.731. The van der Waals surface area contributed by atoms with Gasteiger partial charge in [-0.05, 0) is 59.7 Å². The molecule has 0 spiro atoms. The van der Waals surface area contributed by atoms with Gasteiger partial charge in [-0.1, -0.05) is 0 Å². The minimum absolute atomic E-state index is 0.0196. The molecule has 1 fully saturated rings. The second-order valence-corrected chi connectivity index (χ2v) is 6.08. The van der Waals surface area contributed by atoms with Crippen LogP contribution in [0.2, 0.25) is 0 Å². The smallest absolute Gasteiger partial charge is 0.237 e. The second kappa shape index (κ2) is 6.68. The molecule has 5 nitrogen and oxygen atoms in total. The Hall–Kier alpha value is -0.650. The van der Waals surface area contributed by atoms with E-state index in [2.05, 4.69) is 17.1 Å². The molecular weight excluding hydrogens is 242 g/mol. The average molecular weight is 271 g/mol. The number of carbonyl (C=O) groups excluding carboxylic acids is 1. The van der Waals surface area contributed by atoms with Crippen LogP contribution < -0.4 is 11.1 Å². The zero-order chi connectivity index (χ0) is 14.5. The predicted molar refractivity (Wildman–Crippen MR) is 77.0 cm³/mol. The third-order valence-electron chi connectivity index (χ3n) is 4.48. The zero-order valence-corrected chi connectivity index (χ0v) is 12.8. The van der Waals surface area contributed by atoms with E-state index in [1.807, 2.05) is 6.92 Å². The average Bonchev–Trinajstić information content (AvgIpc) is 2.38. The third-order valence-corrected chi connectivity index (χ3v) is 4.48. The number of ether oxygens (including phenoxy) is 1. The lowest BCUT2D eigenvalue weighted by Crippen LogP contribution is -2.52. The summed E-state index contributed by atoms with van der Waals surface area (Å²) in [6.07, 6.45) is 4.01. The van der Waals surface area contributed by atoms with Gasteiger partial charge in [-0.15, -0.1) is 0 Å². The van der Waals surface area contributed by atoms with Crippen LogP contribution in [0, 0.1) is 0 Å². The SMILES string of the molecule is CNC(C)(CCCN1CCCC(C)(OC)C1)C(N)=O. The fourth-order valence-corrected chi connectivity index (χ4v) is 2.69. The molecule has 0 aromatic rings. The number of hydrogen-bond donors (Lipinski definition) is 2. The lowest BCUT2D eigenvalue weighted by Gasteiger charge is -2.39. The minimum Gasteiger partial charge on any atom is -0.377 e. The number of likely N-dealkylation sites (tertiary alicyclic amines) is 1. The van der Waals surface area contributed by atoms with Crippen LogP contribution in [-0.2, 0) is 9.53 Å². The van der Waals surface area contributed by atoms with Crippen LogP contribution in [-0.4, -0.2) is 55.7 Å². The molecule has 1 aliphatic rings. The third kappa shape index (κ3) is 4.44. The summed E-state index contributed by atoms with van der Waals surface area (Å²) in [7, 11) is 3.57. The summed E-state index contributed by atoms with van der Waals surface area (Å²) in [5.74, 6) is -0.282. The van der Waals surface area contributed by atoms with Crippen LogP contribution in [0.3, 0.4) is 0 Å². The quantitative estimate of drug-likeness (QED) is 0.716. The standard InChI is InChI=1S/C14H29N3O2/c1-13(19-4)7-5-9-17(11-13)10-6-8-14(2,16-3)12(15)18/h16H,5-11H2,1-4H3,(H2,15,18). The molecule has 1 aliphatic heterocycles. The summed E-state index contributed by atoms with van der Waals surface area (Å²) >= 11 is 0. The number of piperidine rings is 1. The van der Waals surface area contributed by atoms with Crippen LogP contribution in [0.15, 0.2) is 0 Å². The highest BCUT2D eigenvalue weighted by Gasteiger charge is 2.32. The normalized spacial score (nSPS) is 28.0. The summed E-state index contributed by atoms with van der Waals surface area (Å²) in [5, 5.41) is 3.03. The van der Waals surface area contributed by atoms with Crippen molar-refractivity contribution in [2.75, 3.05) is 33.8 Å². The van der Waals surface area contributed by atoms with Gasteiger partial charge in [0.2, 0.25) is 5.91 Å². The molecule has 3 N–H and O–H groups in total. The van der Waals surface area contributed by atoms with Crippen molar-refractivity contribution in [3.8, 4) is 0 Å². The zero-order valence-electron chi connectivity index (χ0n) is 12.8. The number of methoxy groups -OCH3 is 1. The number of primary amides is 1. The van der Waals surface area contributed by atoms with Crippen molar-refractivity contribution < 1.29 is 9.53 Å². The van der Waals surface area contributed by atoms with Crippen molar-refractivity contribution in [1.29, 1.82) is 0 Å². The summed E-state index contributed by atoms with van der Waals surface area (Å²) in [5.41, 5.74) is 4.81. The molecule has 0 aromatic carbocycles. The molecule has 0 radical (unpaired) electrons. The Kier molecular flexibility index (Phi) is 5.77. The Labute approximate surface area is 116 Å². The first-order valence-corrected chi connectivity index (χ1v) is 7.11. The first-order chi connectivity index (χ1) is 8.85. The fraction of sp³-hybridized carbons (Fsp3) is 0.929. The number of rotatable bonds is 7. The van der Waals surface area contributed by atoms with E-state index >= 15 is 0 Å². The largest absolute Gasteiger partial charge is 0.377 e. The van der Waals surface area contributed by atoms with Gasteiger partial charge in [-0.3, -0.25) is 4.79 Å². The van der Waals surface area contributed by atoms with E-state index in [9.17, 15) is 4.79 Å². The first kappa shape index (κ1) is 16.4. The van der Waals surface area contributed by atoms with E-state index in [4.69, 9.17) is 10.5 Å². The molecule has 0 bridgehead atoms. The molecule has 1 heterocycles. The van der Waals surface area contributed by atoms with E-state index in [-0.39, 0.29) is 11.5 Å². The van der Waals surface area contributed by atoms with E-state index in [0.717, 1.165) is 38.9 Å². The molecular formula is C14H29N3O2. The highest BCUT2D eigenvalue weighted by atomic mass is 16.5. The lowest BCUT2D eigenvalue weighted by atomic mass is 9.92. The summed E-state index contributed by atoms with van der Waals surface area (Å²) in [6.45, 7) is 7.11. The number of nitrogens with one attached hydrogen (secondary N) is 1. The molecule has 19 heavy (non-hydrogen) atoms. The van der Waals surface area contributed by atoms with Crippen LogP contribution in [0.5, 0.6) is 0 Å². The number of nitrogens with two attached hydrogens (primary N) is 1. The van der Waals surface area contributed by atoms with E-state index in [1.165, 1.54) is 6.42 Å². The maximum Gasteiger partial charge on any atom is 0.237 e. The second-order valence-electron chi connectivity index (χ2n) is 6.08. The van der Waals surface area contributed by atoms with Gasteiger partial charge >= 0.3 is 0 Å². The van der Waals surface area contributed by atoms with Crippen molar-refractivity contribution in [1.82, 2.24) is 10.2 Å². The van der Waals surface area contributed by atoms with Crippen molar-refractivity contribution in [2.45, 2.75) is 50.7 Å². The summed E-state index contributed by atoms with van der Waals surface area (Å²) in [4.78, 5) is 13.8. The molecule has 0 saturated carbocycles. The molecule has 0 aromatic heterocycles. The van der Waals surface area contributed by atoms with Crippen molar-refractivity contribution >= 4 is 5.91 Å². The Morgan fingerprint density at radius 3 is 2.79 bits per heavy atom. The number of carbonyl (C=O) groups is 1. The molecule has 1 rings (SSSR count). The minimum atomic E-state index is -0.597. The van der Waals surface area contributed by atoms with Gasteiger partial charge in [0.05, 0.1) is 11.1 Å². The highest BCUT2D eigenvalue weighted by Crippen LogP contribution is 2.24. The fourth-order valence-electron chi connectivity index (χ4n) is 2.69. The Balaban J connectivity index is 2.39. The van der Waals surface area contributed by atoms with Gasteiger partial charge in [0, 0.05) is 13.7 Å². The monoisotopic (exact) mass is 271 g/mol. The first-order valence-electron chi connectivity index (χ1n) is 7.11. The van der Waals surface area contributed by atoms with Crippen LogP contribution in [0.4, 0.5) is 0 Å². The maximum atomic E-state index is 11.4. The van der Waals surface area contributed by atoms with Crippen molar-refractivity contribution in [2.24, 2.45) is 5.73 Å². The molecule has 5 heteroatoms. The molecule has 2 atom stereocenters. The lowest BCUT2D eigenvalue weighted by molar-refractivity contribution is -0.124. The number of hydrogen-bond acceptors (Lipinski definition) is 4. The number of amides is 1. The van der Waals surface area contributed by atoms with Gasteiger partial charge in [0.25, 0.3) is 0 Å². The van der Waals surface area contributed by atoms with E-state index in [1.54, 1.807) is 14.2 Å². The summed E-state index contributed by atoms with van der Waals surface area (Å²) < 4.78 is 5.59. The van der Waals surface area contributed by atoms with Gasteiger partial charge < -0.3 is 20.7 Å². The van der Waals surface area contributed by atoms with Crippen molar-refractivity contribution in [3.63, 3.8) is 0 Å². The Morgan fingerprint density at radius 1 is 1.58 bits per heavy atom. The van der Waals surface area contributed by atoms with Crippen LogP contribution in [0.25, 0.3) is 0 Å². The summed E-state index contributed by atoms with van der Waals surface area (Å²) in [6, 6.07) is 0. The van der Waals surface area contributed by atoms with Gasteiger partial charge in [-0.2, -0.15) is 0 Å². The number of nitrogens with zero attached hydrogens (tertiary/aromatic N) is 1. The van der Waals surface area contributed by atoms with Crippen molar-refractivity contribution in [3.05, 3.63) is 0 Å². The molecule has 0 aliphatic carbocycles. The van der Waals surface area contributed by atoms with E-state index < -0.39 is 5.54 Å². The molecule has 2 unspecified atom stereocenters. The topological polar surface area (TPSA) is 67.6 Å². The highest BCUT2D eigenvalue weighted by molar-refractivity contribution is 5.84. The molecule has 1 amide bonds. The Morgan fingerprint density at radius 2 is 2.26 bits per heavy atom. The van der Waals surface area contributed by atoms with E-state index in [0.29, 0.717) is 0 Å². The van der Waals surface area contributed by atoms with Crippen LogP contribution in [0.1, 0.15) is 39.5 Å². The van der Waals surface area contributed by atoms with Gasteiger partial charge in [0.15, 0.2) is 0 Å². The molecule has 1 saturated heterocycles. The maximum absolute atomic E-state index is 11.4.